The number of aliphatic hydroxyl groups is 2. The maximum atomic E-state index is 12.7. The molecular weight excluding hydrogens is 494 g/mol. The van der Waals surface area contributed by atoms with Gasteiger partial charge in [-0.15, -0.1) is 0 Å². The Morgan fingerprint density at radius 3 is 2.19 bits per heavy atom. The molecule has 1 aliphatic heterocycles. The molecule has 2 amide bonds. The van der Waals surface area contributed by atoms with Crippen LogP contribution < -0.4 is 15.0 Å². The zero-order chi connectivity index (χ0) is 26.2. The molecule has 0 aromatic heterocycles. The van der Waals surface area contributed by atoms with Gasteiger partial charge in [-0.3, -0.25) is 9.59 Å². The van der Waals surface area contributed by atoms with Gasteiger partial charge in [0, 0.05) is 49.0 Å². The highest BCUT2D eigenvalue weighted by Crippen LogP contribution is 2.19. The Labute approximate surface area is 221 Å². The van der Waals surface area contributed by atoms with E-state index in [2.05, 4.69) is 10.2 Å². The molecule has 2 atom stereocenters. The van der Waals surface area contributed by atoms with Crippen LogP contribution in [0.5, 0.6) is 5.75 Å². The Hall–Kier alpha value is -3.59. The van der Waals surface area contributed by atoms with E-state index in [0.717, 1.165) is 16.8 Å². The smallest absolute Gasteiger partial charge is 0.254 e. The van der Waals surface area contributed by atoms with Gasteiger partial charge in [-0.1, -0.05) is 60.1 Å². The Kier molecular flexibility index (Phi) is 9.00. The van der Waals surface area contributed by atoms with Gasteiger partial charge in [0.2, 0.25) is 0 Å². The van der Waals surface area contributed by atoms with E-state index < -0.39 is 24.0 Å². The molecule has 0 saturated carbocycles. The Balaban J connectivity index is 1.21. The Morgan fingerprint density at radius 2 is 1.51 bits per heavy atom. The van der Waals surface area contributed by atoms with Crippen molar-refractivity contribution in [2.75, 3.05) is 31.1 Å². The van der Waals surface area contributed by atoms with Crippen molar-refractivity contribution in [2.24, 2.45) is 0 Å². The molecule has 9 heteroatoms. The number of halogens is 1. The average molecular weight is 524 g/mol. The van der Waals surface area contributed by atoms with E-state index in [4.69, 9.17) is 16.3 Å². The molecule has 0 unspecified atom stereocenters. The molecule has 0 radical (unpaired) electrons. The lowest BCUT2D eigenvalue weighted by atomic mass is 10.1. The van der Waals surface area contributed by atoms with E-state index in [1.165, 1.54) is 4.90 Å². The molecule has 3 aromatic rings. The minimum atomic E-state index is -1.86. The second kappa shape index (κ2) is 12.6. The number of hydrogen-bond donors (Lipinski definition) is 3. The van der Waals surface area contributed by atoms with Gasteiger partial charge in [0.15, 0.2) is 12.2 Å². The fourth-order valence-corrected chi connectivity index (χ4v) is 4.25. The molecule has 1 aliphatic rings. The van der Waals surface area contributed by atoms with Crippen molar-refractivity contribution in [3.05, 3.63) is 95.0 Å². The van der Waals surface area contributed by atoms with Gasteiger partial charge in [0.05, 0.1) is 0 Å². The van der Waals surface area contributed by atoms with E-state index in [0.29, 0.717) is 43.6 Å². The second-order valence-electron chi connectivity index (χ2n) is 8.78. The highest BCUT2D eigenvalue weighted by atomic mass is 35.5. The van der Waals surface area contributed by atoms with Crippen LogP contribution in [0.3, 0.4) is 0 Å². The highest BCUT2D eigenvalue weighted by molar-refractivity contribution is 6.31. The molecule has 3 aromatic carbocycles. The lowest BCUT2D eigenvalue weighted by Crippen LogP contribution is -2.55. The summed E-state index contributed by atoms with van der Waals surface area (Å²) in [6.07, 6.45) is -3.69. The maximum Gasteiger partial charge on any atom is 0.254 e. The first-order valence-corrected chi connectivity index (χ1v) is 12.5. The van der Waals surface area contributed by atoms with Gasteiger partial charge in [0.25, 0.3) is 11.8 Å². The van der Waals surface area contributed by atoms with Gasteiger partial charge in [-0.2, -0.15) is 0 Å². The molecule has 4 rings (SSSR count). The first-order valence-electron chi connectivity index (χ1n) is 12.1. The summed E-state index contributed by atoms with van der Waals surface area (Å²) in [6.45, 7) is 2.44. The number of nitrogens with zero attached hydrogens (tertiary/aromatic N) is 2. The van der Waals surface area contributed by atoms with E-state index in [9.17, 15) is 19.8 Å². The van der Waals surface area contributed by atoms with Crippen LogP contribution in [0.15, 0.2) is 78.9 Å². The first kappa shape index (κ1) is 26.5. The van der Waals surface area contributed by atoms with Crippen molar-refractivity contribution < 1.29 is 24.5 Å². The van der Waals surface area contributed by atoms with E-state index in [-0.39, 0.29) is 6.54 Å². The number of aliphatic hydroxyl groups excluding tert-OH is 2. The molecule has 1 heterocycles. The largest absolute Gasteiger partial charge is 0.489 e. The third-order valence-electron chi connectivity index (χ3n) is 6.28. The summed E-state index contributed by atoms with van der Waals surface area (Å²) in [5, 5.41) is 23.8. The van der Waals surface area contributed by atoms with Crippen molar-refractivity contribution in [1.82, 2.24) is 10.2 Å². The zero-order valence-corrected chi connectivity index (χ0v) is 21.1. The van der Waals surface area contributed by atoms with Gasteiger partial charge >= 0.3 is 0 Å². The summed E-state index contributed by atoms with van der Waals surface area (Å²) >= 11 is 6.14. The van der Waals surface area contributed by atoms with Crippen molar-refractivity contribution in [1.29, 1.82) is 0 Å². The van der Waals surface area contributed by atoms with Crippen LogP contribution in [0.25, 0.3) is 0 Å². The van der Waals surface area contributed by atoms with Crippen LogP contribution in [-0.4, -0.2) is 65.3 Å². The third kappa shape index (κ3) is 7.01. The van der Waals surface area contributed by atoms with Gasteiger partial charge in [0.1, 0.15) is 12.4 Å². The minimum absolute atomic E-state index is 0.122. The molecular formula is C28H30ClN3O5. The number of carbonyl (C=O) groups excluding carboxylic acids is 2. The molecule has 3 N–H and O–H groups in total. The molecule has 194 valence electrons. The van der Waals surface area contributed by atoms with Gasteiger partial charge in [-0.05, 0) is 35.9 Å². The Bertz CT molecular complexity index is 1180. The van der Waals surface area contributed by atoms with Gasteiger partial charge < -0.3 is 30.1 Å². The molecule has 8 nitrogen and oxygen atoms in total. The van der Waals surface area contributed by atoms with Crippen LogP contribution in [-0.2, 0) is 22.7 Å². The average Bonchev–Trinajstić information content (AvgIpc) is 2.95. The number of para-hydroxylation sites is 1. The molecule has 0 bridgehead atoms. The van der Waals surface area contributed by atoms with Crippen LogP contribution in [0.2, 0.25) is 5.02 Å². The second-order valence-corrected chi connectivity index (χ2v) is 9.19. The van der Waals surface area contributed by atoms with Crippen molar-refractivity contribution in [3.63, 3.8) is 0 Å². The van der Waals surface area contributed by atoms with Crippen LogP contribution in [0.1, 0.15) is 11.1 Å². The lowest BCUT2D eigenvalue weighted by molar-refractivity contribution is -0.153. The fourth-order valence-electron chi connectivity index (χ4n) is 4.06. The number of carbonyl (C=O) groups is 2. The van der Waals surface area contributed by atoms with Crippen LogP contribution >= 0.6 is 11.6 Å². The minimum Gasteiger partial charge on any atom is -0.489 e. The lowest BCUT2D eigenvalue weighted by Gasteiger charge is -2.37. The van der Waals surface area contributed by atoms with Crippen molar-refractivity contribution in [3.8, 4) is 5.75 Å². The number of ether oxygens (including phenoxy) is 1. The topological polar surface area (TPSA) is 102 Å². The number of amides is 2. The first-order chi connectivity index (χ1) is 17.9. The van der Waals surface area contributed by atoms with Crippen LogP contribution in [0, 0.1) is 0 Å². The maximum absolute atomic E-state index is 12.7. The summed E-state index contributed by atoms with van der Waals surface area (Å²) in [7, 11) is 0. The summed E-state index contributed by atoms with van der Waals surface area (Å²) < 4.78 is 5.75. The third-order valence-corrected chi connectivity index (χ3v) is 6.64. The summed E-state index contributed by atoms with van der Waals surface area (Å²) in [5.74, 6) is -0.832. The summed E-state index contributed by atoms with van der Waals surface area (Å²) in [5.41, 5.74) is 2.71. The standard InChI is InChI=1S/C28H30ClN3O5/c29-24-9-5-4-6-21(24)19-37-23-12-10-20(11-13-23)18-30-27(35)25(33)26(34)28(36)32-16-14-31(15-17-32)22-7-2-1-3-8-22/h1-13,25-26,33-34H,14-19H2,(H,30,35)/t25-,26-/m1/s1. The molecule has 37 heavy (non-hydrogen) atoms. The van der Waals surface area contributed by atoms with Crippen molar-refractivity contribution >= 4 is 29.1 Å². The van der Waals surface area contributed by atoms with Gasteiger partial charge in [-0.25, -0.2) is 0 Å². The summed E-state index contributed by atoms with van der Waals surface area (Å²) in [6, 6.07) is 24.4. The molecule has 0 spiro atoms. The highest BCUT2D eigenvalue weighted by Gasteiger charge is 2.34. The quantitative estimate of drug-likeness (QED) is 0.398. The SMILES string of the molecule is O=C(NCc1ccc(OCc2ccccc2Cl)cc1)[C@H](O)[C@@H](O)C(=O)N1CCN(c2ccccc2)CC1. The Morgan fingerprint density at radius 1 is 0.865 bits per heavy atom. The number of nitrogens with one attached hydrogen (secondary N) is 1. The predicted octanol–water partition coefficient (Wildman–Crippen LogP) is 2.61. The number of rotatable bonds is 9. The number of piperazine rings is 1. The monoisotopic (exact) mass is 523 g/mol. The zero-order valence-electron chi connectivity index (χ0n) is 20.3. The van der Waals surface area contributed by atoms with E-state index in [1.807, 2.05) is 48.5 Å². The summed E-state index contributed by atoms with van der Waals surface area (Å²) in [4.78, 5) is 28.7. The molecule has 1 saturated heterocycles. The van der Waals surface area contributed by atoms with E-state index in [1.54, 1.807) is 30.3 Å². The number of benzene rings is 3. The molecule has 1 fully saturated rings. The normalized spacial score (nSPS) is 15.1. The predicted molar refractivity (Wildman–Crippen MR) is 141 cm³/mol. The van der Waals surface area contributed by atoms with Crippen molar-refractivity contribution in [2.45, 2.75) is 25.4 Å². The van der Waals surface area contributed by atoms with Crippen LogP contribution in [0.4, 0.5) is 5.69 Å². The number of hydrogen-bond acceptors (Lipinski definition) is 6. The fraction of sp³-hybridized carbons (Fsp3) is 0.286. The van der Waals surface area contributed by atoms with E-state index >= 15 is 0 Å². The number of anilines is 1. The molecule has 0 aliphatic carbocycles.